The van der Waals surface area contributed by atoms with Crippen molar-refractivity contribution in [3.8, 4) is 5.75 Å². The quantitative estimate of drug-likeness (QED) is 0.630. The third-order valence-electron chi connectivity index (χ3n) is 3.08. The van der Waals surface area contributed by atoms with E-state index in [1.165, 1.54) is 6.07 Å². The minimum Gasteiger partial charge on any atom is -0.494 e. The van der Waals surface area contributed by atoms with Gasteiger partial charge in [0, 0.05) is 30.4 Å². The highest BCUT2D eigenvalue weighted by atomic mass is 16.6. The van der Waals surface area contributed by atoms with Gasteiger partial charge in [0.1, 0.15) is 5.75 Å². The molecule has 104 valence electrons. The molecule has 1 fully saturated rings. The Morgan fingerprint density at radius 2 is 2.37 bits per heavy atom. The van der Waals surface area contributed by atoms with E-state index in [0.29, 0.717) is 18.4 Å². The zero-order valence-corrected chi connectivity index (χ0v) is 11.0. The first kappa shape index (κ1) is 13.6. The third-order valence-corrected chi connectivity index (χ3v) is 3.08. The van der Waals surface area contributed by atoms with Crippen molar-refractivity contribution in [2.75, 3.05) is 25.0 Å². The molecule has 1 aromatic rings. The molecule has 1 heterocycles. The molecule has 1 unspecified atom stereocenters. The molecule has 0 bridgehead atoms. The van der Waals surface area contributed by atoms with E-state index in [4.69, 9.17) is 4.74 Å². The molecule has 19 heavy (non-hydrogen) atoms. The Morgan fingerprint density at radius 3 is 3.00 bits per heavy atom. The van der Waals surface area contributed by atoms with Crippen LogP contribution in [0.5, 0.6) is 5.75 Å². The summed E-state index contributed by atoms with van der Waals surface area (Å²) < 4.78 is 5.37. The van der Waals surface area contributed by atoms with Crippen LogP contribution in [0.3, 0.4) is 0 Å². The van der Waals surface area contributed by atoms with Crippen molar-refractivity contribution in [1.29, 1.82) is 0 Å². The summed E-state index contributed by atoms with van der Waals surface area (Å²) in [5.74, 6) is 0.531. The highest BCUT2D eigenvalue weighted by Gasteiger charge is 2.15. The minimum atomic E-state index is -0.396. The molecule has 6 heteroatoms. The Kier molecular flexibility index (Phi) is 4.57. The first-order chi connectivity index (χ1) is 9.19. The van der Waals surface area contributed by atoms with Gasteiger partial charge in [-0.3, -0.25) is 10.1 Å². The second-order valence-corrected chi connectivity index (χ2v) is 4.59. The van der Waals surface area contributed by atoms with Crippen molar-refractivity contribution < 1.29 is 9.66 Å². The normalized spacial score (nSPS) is 18.9. The van der Waals surface area contributed by atoms with E-state index in [1.807, 2.05) is 13.0 Å². The van der Waals surface area contributed by atoms with Gasteiger partial charge in [0.15, 0.2) is 0 Å². The number of piperidine rings is 1. The van der Waals surface area contributed by atoms with Crippen molar-refractivity contribution in [3.05, 3.63) is 28.3 Å². The van der Waals surface area contributed by atoms with Crippen LogP contribution in [-0.4, -0.2) is 30.7 Å². The molecule has 2 rings (SSSR count). The van der Waals surface area contributed by atoms with E-state index in [0.717, 1.165) is 31.6 Å². The lowest BCUT2D eigenvalue weighted by Crippen LogP contribution is -2.38. The number of hydrogen-bond acceptors (Lipinski definition) is 5. The van der Waals surface area contributed by atoms with E-state index < -0.39 is 4.92 Å². The van der Waals surface area contributed by atoms with Gasteiger partial charge in [0.25, 0.3) is 5.69 Å². The standard InChI is InChI=1S/C13H19N3O3/c1-2-19-13-7-11(6-12(8-13)16(17)18)15-10-4-3-5-14-9-10/h6-8,10,14-15H,2-5,9H2,1H3. The van der Waals surface area contributed by atoms with Gasteiger partial charge < -0.3 is 15.4 Å². The van der Waals surface area contributed by atoms with E-state index in [9.17, 15) is 10.1 Å². The maximum absolute atomic E-state index is 10.9. The van der Waals surface area contributed by atoms with Gasteiger partial charge >= 0.3 is 0 Å². The molecule has 6 nitrogen and oxygen atoms in total. The highest BCUT2D eigenvalue weighted by Crippen LogP contribution is 2.27. The smallest absolute Gasteiger partial charge is 0.275 e. The molecule has 0 aromatic heterocycles. The van der Waals surface area contributed by atoms with Crippen LogP contribution in [0.15, 0.2) is 18.2 Å². The predicted octanol–water partition coefficient (Wildman–Crippen LogP) is 2.16. The van der Waals surface area contributed by atoms with Gasteiger partial charge in [0.2, 0.25) is 0 Å². The zero-order chi connectivity index (χ0) is 13.7. The summed E-state index contributed by atoms with van der Waals surface area (Å²) in [5, 5.41) is 17.5. The number of nitrogens with one attached hydrogen (secondary N) is 2. The summed E-state index contributed by atoms with van der Waals surface area (Å²) >= 11 is 0. The fourth-order valence-corrected chi connectivity index (χ4v) is 2.23. The first-order valence-electron chi connectivity index (χ1n) is 6.58. The minimum absolute atomic E-state index is 0.0530. The Balaban J connectivity index is 2.15. The van der Waals surface area contributed by atoms with Crippen LogP contribution in [0.25, 0.3) is 0 Å². The lowest BCUT2D eigenvalue weighted by molar-refractivity contribution is -0.384. The second-order valence-electron chi connectivity index (χ2n) is 4.59. The highest BCUT2D eigenvalue weighted by molar-refractivity contribution is 5.56. The number of ether oxygens (including phenoxy) is 1. The molecule has 0 spiro atoms. The van der Waals surface area contributed by atoms with Crippen molar-refractivity contribution in [1.82, 2.24) is 5.32 Å². The zero-order valence-electron chi connectivity index (χ0n) is 11.0. The molecule has 0 amide bonds. The van der Waals surface area contributed by atoms with E-state index >= 15 is 0 Å². The van der Waals surface area contributed by atoms with Crippen molar-refractivity contribution in [2.24, 2.45) is 0 Å². The average Bonchev–Trinajstić information content (AvgIpc) is 2.40. The average molecular weight is 265 g/mol. The van der Waals surface area contributed by atoms with Gasteiger partial charge in [-0.2, -0.15) is 0 Å². The van der Waals surface area contributed by atoms with Crippen molar-refractivity contribution in [3.63, 3.8) is 0 Å². The Bertz CT molecular complexity index is 445. The largest absolute Gasteiger partial charge is 0.494 e. The molecule has 0 aliphatic carbocycles. The van der Waals surface area contributed by atoms with E-state index in [1.54, 1.807) is 6.07 Å². The Morgan fingerprint density at radius 1 is 1.53 bits per heavy atom. The summed E-state index contributed by atoms with van der Waals surface area (Å²) in [6.45, 7) is 4.27. The molecule has 0 radical (unpaired) electrons. The van der Waals surface area contributed by atoms with Crippen LogP contribution in [0.2, 0.25) is 0 Å². The van der Waals surface area contributed by atoms with Crippen LogP contribution in [0, 0.1) is 10.1 Å². The number of nitrogens with zero attached hydrogens (tertiary/aromatic N) is 1. The van der Waals surface area contributed by atoms with Crippen LogP contribution >= 0.6 is 0 Å². The topological polar surface area (TPSA) is 76.4 Å². The Labute approximate surface area is 112 Å². The second kappa shape index (κ2) is 6.38. The number of hydrogen-bond donors (Lipinski definition) is 2. The fraction of sp³-hybridized carbons (Fsp3) is 0.538. The molecule has 0 saturated carbocycles. The lowest BCUT2D eigenvalue weighted by Gasteiger charge is -2.24. The van der Waals surface area contributed by atoms with Gasteiger partial charge in [0.05, 0.1) is 17.6 Å². The number of nitro groups is 1. The maximum atomic E-state index is 10.9. The number of anilines is 1. The fourth-order valence-electron chi connectivity index (χ4n) is 2.23. The van der Waals surface area contributed by atoms with Gasteiger partial charge in [-0.1, -0.05) is 0 Å². The Hall–Kier alpha value is -1.82. The molecule has 2 N–H and O–H groups in total. The van der Waals surface area contributed by atoms with Crippen LogP contribution in [0.4, 0.5) is 11.4 Å². The van der Waals surface area contributed by atoms with E-state index in [2.05, 4.69) is 10.6 Å². The van der Waals surface area contributed by atoms with E-state index in [-0.39, 0.29) is 5.69 Å². The summed E-state index contributed by atoms with van der Waals surface area (Å²) in [5.41, 5.74) is 0.795. The number of benzene rings is 1. The number of nitro benzene ring substituents is 1. The van der Waals surface area contributed by atoms with Gasteiger partial charge in [-0.15, -0.1) is 0 Å². The lowest BCUT2D eigenvalue weighted by atomic mass is 10.1. The molecule has 1 aliphatic heterocycles. The predicted molar refractivity (Wildman–Crippen MR) is 73.8 cm³/mol. The molecule has 1 aliphatic rings. The van der Waals surface area contributed by atoms with Gasteiger partial charge in [-0.05, 0) is 26.3 Å². The van der Waals surface area contributed by atoms with Crippen LogP contribution < -0.4 is 15.4 Å². The summed E-state index contributed by atoms with van der Waals surface area (Å²) in [4.78, 5) is 10.5. The SMILES string of the molecule is CCOc1cc(NC2CCCNC2)cc([N+](=O)[O-])c1. The van der Waals surface area contributed by atoms with Crippen molar-refractivity contribution >= 4 is 11.4 Å². The molecule has 1 atom stereocenters. The van der Waals surface area contributed by atoms with Crippen molar-refractivity contribution in [2.45, 2.75) is 25.8 Å². The molecule has 1 saturated heterocycles. The number of non-ortho nitro benzene ring substituents is 1. The number of rotatable bonds is 5. The van der Waals surface area contributed by atoms with Crippen LogP contribution in [-0.2, 0) is 0 Å². The maximum Gasteiger partial charge on any atom is 0.275 e. The summed E-state index contributed by atoms with van der Waals surface area (Å²) in [7, 11) is 0. The van der Waals surface area contributed by atoms with Gasteiger partial charge in [-0.25, -0.2) is 0 Å². The summed E-state index contributed by atoms with van der Waals surface area (Å²) in [6.07, 6.45) is 2.19. The molecular formula is C13H19N3O3. The molecule has 1 aromatic carbocycles. The summed E-state index contributed by atoms with van der Waals surface area (Å²) in [6, 6.07) is 5.13. The monoisotopic (exact) mass is 265 g/mol. The third kappa shape index (κ3) is 3.82. The van der Waals surface area contributed by atoms with Crippen LogP contribution in [0.1, 0.15) is 19.8 Å². The first-order valence-corrected chi connectivity index (χ1v) is 6.58. The molecular weight excluding hydrogens is 246 g/mol.